The second kappa shape index (κ2) is 11.1. The highest BCUT2D eigenvalue weighted by atomic mass is 16.5. The highest BCUT2D eigenvalue weighted by molar-refractivity contribution is 6.00. The first-order valence-corrected chi connectivity index (χ1v) is 11.5. The highest BCUT2D eigenvalue weighted by Gasteiger charge is 2.41. The molecule has 7 nitrogen and oxygen atoms in total. The first-order valence-electron chi connectivity index (χ1n) is 11.5. The molecule has 35 heavy (non-hydrogen) atoms. The standard InChI is InChI=1S/C28H30N2O5/c1-33-18-20-6-4-5-7-25(20)29-28(32)24-16-17-26(31)30(21-10-14-23(35-3)15-11-21)27(24)19-8-12-22(34-2)13-9-19/h4-15,24,27H,16-18H2,1-3H3,(H,29,32). The lowest BCUT2D eigenvalue weighted by molar-refractivity contribution is -0.125. The molecule has 1 heterocycles. The Labute approximate surface area is 205 Å². The number of carbonyl (C=O) groups excluding carboxylic acids is 2. The summed E-state index contributed by atoms with van der Waals surface area (Å²) in [5.74, 6) is 0.781. The van der Waals surface area contributed by atoms with Gasteiger partial charge in [0.2, 0.25) is 11.8 Å². The number of methoxy groups -OCH3 is 3. The van der Waals surface area contributed by atoms with Crippen LogP contribution in [0.2, 0.25) is 0 Å². The first-order chi connectivity index (χ1) is 17.0. The normalized spacial score (nSPS) is 17.7. The van der Waals surface area contributed by atoms with Crippen LogP contribution in [0.3, 0.4) is 0 Å². The zero-order valence-electron chi connectivity index (χ0n) is 20.2. The van der Waals surface area contributed by atoms with Crippen molar-refractivity contribution < 1.29 is 23.8 Å². The molecule has 2 amide bonds. The van der Waals surface area contributed by atoms with Gasteiger partial charge in [-0.05, 0) is 54.4 Å². The minimum absolute atomic E-state index is 0.0279. The highest BCUT2D eigenvalue weighted by Crippen LogP contribution is 2.41. The van der Waals surface area contributed by atoms with Crippen LogP contribution in [0.15, 0.2) is 72.8 Å². The second-order valence-electron chi connectivity index (χ2n) is 8.40. The van der Waals surface area contributed by atoms with Gasteiger partial charge in [-0.1, -0.05) is 30.3 Å². The number of hydrogen-bond donors (Lipinski definition) is 1. The largest absolute Gasteiger partial charge is 0.497 e. The van der Waals surface area contributed by atoms with Crippen molar-refractivity contribution in [1.82, 2.24) is 0 Å². The maximum atomic E-state index is 13.7. The number of hydrogen-bond acceptors (Lipinski definition) is 5. The lowest BCUT2D eigenvalue weighted by Crippen LogP contribution is -2.47. The summed E-state index contributed by atoms with van der Waals surface area (Å²) < 4.78 is 15.9. The van der Waals surface area contributed by atoms with E-state index in [9.17, 15) is 9.59 Å². The Kier molecular flexibility index (Phi) is 7.67. The molecule has 0 radical (unpaired) electrons. The van der Waals surface area contributed by atoms with Gasteiger partial charge in [0.25, 0.3) is 0 Å². The number of benzene rings is 3. The van der Waals surface area contributed by atoms with Crippen molar-refractivity contribution in [2.45, 2.75) is 25.5 Å². The van der Waals surface area contributed by atoms with Crippen molar-refractivity contribution in [3.8, 4) is 11.5 Å². The topological polar surface area (TPSA) is 77.1 Å². The molecule has 4 rings (SSSR count). The van der Waals surface area contributed by atoms with E-state index in [1.807, 2.05) is 72.8 Å². The molecule has 0 bridgehead atoms. The summed E-state index contributed by atoms with van der Waals surface area (Å²) in [4.78, 5) is 28.7. The number of piperidine rings is 1. The van der Waals surface area contributed by atoms with Crippen molar-refractivity contribution >= 4 is 23.2 Å². The Bertz CT molecular complexity index is 1160. The van der Waals surface area contributed by atoms with Crippen LogP contribution in [0, 0.1) is 5.92 Å². The Balaban J connectivity index is 1.72. The quantitative estimate of drug-likeness (QED) is 0.499. The Morgan fingerprint density at radius 1 is 0.914 bits per heavy atom. The summed E-state index contributed by atoms with van der Waals surface area (Å²) in [6, 6.07) is 22.0. The first kappa shape index (κ1) is 24.3. The molecule has 182 valence electrons. The Morgan fingerprint density at radius 3 is 2.17 bits per heavy atom. The van der Waals surface area contributed by atoms with Gasteiger partial charge >= 0.3 is 0 Å². The fourth-order valence-corrected chi connectivity index (χ4v) is 4.55. The smallest absolute Gasteiger partial charge is 0.229 e. The molecule has 3 aromatic carbocycles. The van der Waals surface area contributed by atoms with E-state index >= 15 is 0 Å². The minimum atomic E-state index is -0.481. The van der Waals surface area contributed by atoms with Gasteiger partial charge in [-0.25, -0.2) is 0 Å². The monoisotopic (exact) mass is 474 g/mol. The van der Waals surface area contributed by atoms with Crippen LogP contribution in [0.5, 0.6) is 11.5 Å². The lowest BCUT2D eigenvalue weighted by Gasteiger charge is -2.41. The molecular formula is C28H30N2O5. The second-order valence-corrected chi connectivity index (χ2v) is 8.40. The third-order valence-electron chi connectivity index (χ3n) is 6.32. The molecule has 0 saturated carbocycles. The van der Waals surface area contributed by atoms with Crippen LogP contribution in [-0.2, 0) is 20.9 Å². The SMILES string of the molecule is COCc1ccccc1NC(=O)C1CCC(=O)N(c2ccc(OC)cc2)C1c1ccc(OC)cc1. The van der Waals surface area contributed by atoms with E-state index in [0.29, 0.717) is 35.9 Å². The van der Waals surface area contributed by atoms with Crippen molar-refractivity contribution in [3.05, 3.63) is 83.9 Å². The third-order valence-corrected chi connectivity index (χ3v) is 6.32. The molecule has 1 saturated heterocycles. The maximum Gasteiger partial charge on any atom is 0.229 e. The van der Waals surface area contributed by atoms with Crippen molar-refractivity contribution in [2.75, 3.05) is 31.5 Å². The molecule has 1 aliphatic heterocycles. The number of ether oxygens (including phenoxy) is 3. The van der Waals surface area contributed by atoms with E-state index in [4.69, 9.17) is 14.2 Å². The van der Waals surface area contributed by atoms with Gasteiger partial charge < -0.3 is 24.4 Å². The third kappa shape index (κ3) is 5.30. The van der Waals surface area contributed by atoms with E-state index in [1.165, 1.54) is 0 Å². The predicted octanol–water partition coefficient (Wildman–Crippen LogP) is 4.97. The van der Waals surface area contributed by atoms with Crippen molar-refractivity contribution in [1.29, 1.82) is 0 Å². The van der Waals surface area contributed by atoms with Gasteiger partial charge in [0.1, 0.15) is 11.5 Å². The van der Waals surface area contributed by atoms with E-state index in [-0.39, 0.29) is 18.2 Å². The fourth-order valence-electron chi connectivity index (χ4n) is 4.55. The summed E-state index contributed by atoms with van der Waals surface area (Å²) in [5, 5.41) is 3.09. The molecule has 0 spiro atoms. The summed E-state index contributed by atoms with van der Waals surface area (Å²) in [6.07, 6.45) is 0.719. The zero-order chi connectivity index (χ0) is 24.8. The lowest BCUT2D eigenvalue weighted by atomic mass is 9.83. The molecule has 0 aromatic heterocycles. The number of anilines is 2. The molecule has 3 aromatic rings. The Morgan fingerprint density at radius 2 is 1.54 bits per heavy atom. The Hall–Kier alpha value is -3.84. The van der Waals surface area contributed by atoms with E-state index in [0.717, 1.165) is 11.1 Å². The van der Waals surface area contributed by atoms with Crippen LogP contribution >= 0.6 is 0 Å². The van der Waals surface area contributed by atoms with Gasteiger partial charge in [0.05, 0.1) is 32.8 Å². The molecule has 2 atom stereocenters. The predicted molar refractivity (Wildman–Crippen MR) is 135 cm³/mol. The van der Waals surface area contributed by atoms with Gasteiger partial charge in [0.15, 0.2) is 0 Å². The minimum Gasteiger partial charge on any atom is -0.497 e. The summed E-state index contributed by atoms with van der Waals surface area (Å²) in [6.45, 7) is 0.388. The number of nitrogens with zero attached hydrogens (tertiary/aromatic N) is 1. The average molecular weight is 475 g/mol. The van der Waals surface area contributed by atoms with Gasteiger partial charge in [-0.2, -0.15) is 0 Å². The number of amides is 2. The van der Waals surface area contributed by atoms with Crippen molar-refractivity contribution in [2.24, 2.45) is 5.92 Å². The maximum absolute atomic E-state index is 13.7. The molecule has 0 aliphatic carbocycles. The van der Waals surface area contributed by atoms with Crippen LogP contribution in [0.1, 0.15) is 30.0 Å². The van der Waals surface area contributed by atoms with E-state index in [1.54, 1.807) is 26.2 Å². The fraction of sp³-hybridized carbons (Fsp3) is 0.286. The molecule has 1 N–H and O–H groups in total. The number of nitrogens with one attached hydrogen (secondary N) is 1. The summed E-state index contributed by atoms with van der Waals surface area (Å²) in [7, 11) is 4.83. The van der Waals surface area contributed by atoms with Crippen LogP contribution in [-0.4, -0.2) is 33.1 Å². The van der Waals surface area contributed by atoms with Crippen molar-refractivity contribution in [3.63, 3.8) is 0 Å². The number of para-hydroxylation sites is 1. The number of rotatable bonds is 8. The average Bonchev–Trinajstić information content (AvgIpc) is 2.90. The molecular weight excluding hydrogens is 444 g/mol. The van der Waals surface area contributed by atoms with E-state index in [2.05, 4.69) is 5.32 Å². The zero-order valence-corrected chi connectivity index (χ0v) is 20.2. The molecule has 2 unspecified atom stereocenters. The summed E-state index contributed by atoms with van der Waals surface area (Å²) in [5.41, 5.74) is 3.18. The van der Waals surface area contributed by atoms with Gasteiger partial charge in [-0.3, -0.25) is 9.59 Å². The summed E-state index contributed by atoms with van der Waals surface area (Å²) >= 11 is 0. The van der Waals surface area contributed by atoms with Gasteiger partial charge in [-0.15, -0.1) is 0 Å². The van der Waals surface area contributed by atoms with Crippen LogP contribution in [0.25, 0.3) is 0 Å². The van der Waals surface area contributed by atoms with Gasteiger partial charge in [0, 0.05) is 30.5 Å². The van der Waals surface area contributed by atoms with Crippen LogP contribution < -0.4 is 19.7 Å². The molecule has 7 heteroatoms. The van der Waals surface area contributed by atoms with Crippen LogP contribution in [0.4, 0.5) is 11.4 Å². The molecule has 1 aliphatic rings. The number of carbonyl (C=O) groups is 2. The van der Waals surface area contributed by atoms with E-state index < -0.39 is 12.0 Å². The molecule has 1 fully saturated rings.